The zero-order valence-corrected chi connectivity index (χ0v) is 15.0. The number of hydrogen-bond acceptors (Lipinski definition) is 5. The molecule has 2 aromatic rings. The Morgan fingerprint density at radius 2 is 1.92 bits per heavy atom. The number of aromatic nitrogens is 2. The highest BCUT2D eigenvalue weighted by atomic mass is 16.5. The average molecular weight is 357 g/mol. The van der Waals surface area contributed by atoms with Crippen molar-refractivity contribution in [2.45, 2.75) is 39.7 Å². The number of unbranched alkanes of at least 4 members (excludes halogenated alkanes) is 1. The van der Waals surface area contributed by atoms with Crippen LogP contribution in [0.1, 0.15) is 42.7 Å². The van der Waals surface area contributed by atoms with E-state index in [9.17, 15) is 14.4 Å². The fraction of sp³-hybridized carbons (Fsp3) is 0.368. The van der Waals surface area contributed by atoms with E-state index in [1.54, 1.807) is 31.2 Å². The lowest BCUT2D eigenvalue weighted by Crippen LogP contribution is -2.27. The van der Waals surface area contributed by atoms with E-state index < -0.39 is 5.97 Å². The number of esters is 1. The van der Waals surface area contributed by atoms with Crippen LogP contribution in [0, 0.1) is 0 Å². The van der Waals surface area contributed by atoms with Crippen molar-refractivity contribution in [3.05, 3.63) is 58.3 Å². The van der Waals surface area contributed by atoms with Gasteiger partial charge in [0, 0.05) is 17.4 Å². The zero-order valence-electron chi connectivity index (χ0n) is 15.0. The smallest absolute Gasteiger partial charge is 0.338 e. The highest BCUT2D eigenvalue weighted by Gasteiger charge is 2.09. The Morgan fingerprint density at radius 3 is 2.54 bits per heavy atom. The molecule has 26 heavy (non-hydrogen) atoms. The first-order valence-corrected chi connectivity index (χ1v) is 8.66. The van der Waals surface area contributed by atoms with E-state index in [0.717, 1.165) is 25.0 Å². The highest BCUT2D eigenvalue weighted by Crippen LogP contribution is 2.10. The van der Waals surface area contributed by atoms with Crippen LogP contribution in [0.25, 0.3) is 0 Å². The molecule has 0 unspecified atom stereocenters. The second-order valence-corrected chi connectivity index (χ2v) is 5.80. The Labute approximate surface area is 152 Å². The number of ether oxygens (including phenoxy) is 1. The molecule has 0 bridgehead atoms. The van der Waals surface area contributed by atoms with Crippen LogP contribution in [0.4, 0.5) is 5.69 Å². The molecule has 1 aromatic heterocycles. The van der Waals surface area contributed by atoms with Crippen molar-refractivity contribution in [3.8, 4) is 0 Å². The largest absolute Gasteiger partial charge is 0.462 e. The van der Waals surface area contributed by atoms with Crippen molar-refractivity contribution in [2.75, 3.05) is 11.9 Å². The van der Waals surface area contributed by atoms with Gasteiger partial charge in [0.1, 0.15) is 6.54 Å². The van der Waals surface area contributed by atoms with Crippen LogP contribution in [-0.2, 0) is 22.5 Å². The van der Waals surface area contributed by atoms with Crippen LogP contribution in [0.3, 0.4) is 0 Å². The molecular formula is C19H23N3O4. The Balaban J connectivity index is 1.96. The summed E-state index contributed by atoms with van der Waals surface area (Å²) in [7, 11) is 0. The lowest BCUT2D eigenvalue weighted by atomic mass is 10.2. The third-order valence-electron chi connectivity index (χ3n) is 3.72. The van der Waals surface area contributed by atoms with Gasteiger partial charge in [0.2, 0.25) is 5.91 Å². The molecule has 0 atom stereocenters. The van der Waals surface area contributed by atoms with Crippen molar-refractivity contribution in [2.24, 2.45) is 0 Å². The van der Waals surface area contributed by atoms with E-state index in [4.69, 9.17) is 4.74 Å². The Morgan fingerprint density at radius 1 is 1.19 bits per heavy atom. The molecule has 2 rings (SSSR count). The maximum absolute atomic E-state index is 12.1. The molecule has 1 heterocycles. The third-order valence-corrected chi connectivity index (χ3v) is 3.72. The van der Waals surface area contributed by atoms with E-state index in [1.165, 1.54) is 17.0 Å². The molecule has 0 spiro atoms. The molecule has 0 aliphatic carbocycles. The zero-order chi connectivity index (χ0) is 18.9. The van der Waals surface area contributed by atoms with Gasteiger partial charge in [-0.25, -0.2) is 9.78 Å². The van der Waals surface area contributed by atoms with Crippen LogP contribution in [0.15, 0.2) is 41.5 Å². The van der Waals surface area contributed by atoms with E-state index >= 15 is 0 Å². The molecule has 0 fully saturated rings. The second kappa shape index (κ2) is 9.50. The predicted molar refractivity (Wildman–Crippen MR) is 98.1 cm³/mol. The Bertz CT molecular complexity index is 812. The van der Waals surface area contributed by atoms with Gasteiger partial charge in [-0.05, 0) is 44.0 Å². The number of nitrogens with one attached hydrogen (secondary N) is 1. The van der Waals surface area contributed by atoms with Crippen LogP contribution in [0.2, 0.25) is 0 Å². The first-order valence-electron chi connectivity index (χ1n) is 8.66. The molecule has 0 saturated carbocycles. The molecule has 7 nitrogen and oxygen atoms in total. The van der Waals surface area contributed by atoms with Gasteiger partial charge in [0.05, 0.1) is 18.5 Å². The fourth-order valence-corrected chi connectivity index (χ4v) is 2.34. The van der Waals surface area contributed by atoms with Crippen molar-refractivity contribution >= 4 is 17.6 Å². The first kappa shape index (κ1) is 19.4. The summed E-state index contributed by atoms with van der Waals surface area (Å²) in [5, 5.41) is 2.69. The number of anilines is 1. The van der Waals surface area contributed by atoms with Gasteiger partial charge in [-0.3, -0.25) is 14.2 Å². The first-order chi connectivity index (χ1) is 12.5. The van der Waals surface area contributed by atoms with E-state index in [0.29, 0.717) is 17.9 Å². The molecule has 0 radical (unpaired) electrons. The predicted octanol–water partition coefficient (Wildman–Crippen LogP) is 2.40. The monoisotopic (exact) mass is 357 g/mol. The summed E-state index contributed by atoms with van der Waals surface area (Å²) >= 11 is 0. The molecule has 0 saturated heterocycles. The second-order valence-electron chi connectivity index (χ2n) is 5.80. The normalized spacial score (nSPS) is 10.4. The number of hydrogen-bond donors (Lipinski definition) is 1. The molecular weight excluding hydrogens is 334 g/mol. The summed E-state index contributed by atoms with van der Waals surface area (Å²) in [6.07, 6.45) is 4.16. The van der Waals surface area contributed by atoms with Crippen LogP contribution >= 0.6 is 0 Å². The van der Waals surface area contributed by atoms with Gasteiger partial charge in [-0.2, -0.15) is 0 Å². The topological polar surface area (TPSA) is 90.3 Å². The molecule has 138 valence electrons. The summed E-state index contributed by atoms with van der Waals surface area (Å²) in [5.41, 5.74) is 1.43. The quantitative estimate of drug-likeness (QED) is 0.733. The number of carbonyl (C=O) groups is 2. The van der Waals surface area contributed by atoms with Crippen molar-refractivity contribution < 1.29 is 14.3 Å². The molecule has 1 aromatic carbocycles. The minimum absolute atomic E-state index is 0.125. The number of rotatable bonds is 8. The summed E-state index contributed by atoms with van der Waals surface area (Å²) in [6, 6.07) is 7.84. The lowest BCUT2D eigenvalue weighted by molar-refractivity contribution is -0.116. The van der Waals surface area contributed by atoms with Crippen molar-refractivity contribution in [3.63, 3.8) is 0 Å². The van der Waals surface area contributed by atoms with Crippen molar-refractivity contribution in [1.82, 2.24) is 9.55 Å². The number of amides is 1. The maximum atomic E-state index is 12.1. The minimum Gasteiger partial charge on any atom is -0.462 e. The molecule has 0 aliphatic heterocycles. The number of carbonyl (C=O) groups excluding carboxylic acids is 2. The average Bonchev–Trinajstić information content (AvgIpc) is 2.63. The van der Waals surface area contributed by atoms with Gasteiger partial charge in [0.15, 0.2) is 0 Å². The molecule has 7 heteroatoms. The Kier molecular flexibility index (Phi) is 7.08. The van der Waals surface area contributed by atoms with Gasteiger partial charge >= 0.3 is 5.97 Å². The fourth-order valence-electron chi connectivity index (χ4n) is 2.34. The van der Waals surface area contributed by atoms with Crippen LogP contribution in [-0.4, -0.2) is 28.0 Å². The van der Waals surface area contributed by atoms with E-state index in [2.05, 4.69) is 17.2 Å². The Hall–Kier alpha value is -2.96. The summed E-state index contributed by atoms with van der Waals surface area (Å²) in [5.74, 6) is -0.759. The van der Waals surface area contributed by atoms with Crippen LogP contribution in [0.5, 0.6) is 0 Å². The SMILES string of the molecule is CCCCc1cc(=O)n(CC(=O)Nc2ccc(C(=O)OCC)cc2)cn1. The maximum Gasteiger partial charge on any atom is 0.338 e. The summed E-state index contributed by atoms with van der Waals surface area (Å²) in [6.45, 7) is 3.99. The summed E-state index contributed by atoms with van der Waals surface area (Å²) < 4.78 is 6.17. The molecule has 1 amide bonds. The van der Waals surface area contributed by atoms with Crippen LogP contribution < -0.4 is 10.9 Å². The lowest BCUT2D eigenvalue weighted by Gasteiger charge is -2.08. The molecule has 1 N–H and O–H groups in total. The van der Waals surface area contributed by atoms with Gasteiger partial charge in [-0.15, -0.1) is 0 Å². The van der Waals surface area contributed by atoms with Crippen molar-refractivity contribution in [1.29, 1.82) is 0 Å². The number of benzene rings is 1. The standard InChI is InChI=1S/C19H23N3O4/c1-3-5-6-16-11-18(24)22(13-20-16)12-17(23)21-15-9-7-14(8-10-15)19(25)26-4-2/h7-11,13H,3-6,12H2,1-2H3,(H,21,23). The third kappa shape index (κ3) is 5.54. The minimum atomic E-state index is -0.411. The van der Waals surface area contributed by atoms with E-state index in [-0.39, 0.29) is 18.0 Å². The van der Waals surface area contributed by atoms with Gasteiger partial charge in [0.25, 0.3) is 5.56 Å². The van der Waals surface area contributed by atoms with Gasteiger partial charge < -0.3 is 10.1 Å². The number of aryl methyl sites for hydroxylation is 1. The summed E-state index contributed by atoms with van der Waals surface area (Å²) in [4.78, 5) is 40.0. The van der Waals surface area contributed by atoms with E-state index in [1.807, 2.05) is 0 Å². The number of nitrogens with zero attached hydrogens (tertiary/aromatic N) is 2. The molecule has 0 aliphatic rings. The van der Waals surface area contributed by atoms with Gasteiger partial charge in [-0.1, -0.05) is 13.3 Å². The highest BCUT2D eigenvalue weighted by molar-refractivity contribution is 5.92.